The molecule has 12 heteroatoms. The highest BCUT2D eigenvalue weighted by molar-refractivity contribution is 5.94. The van der Waals surface area contributed by atoms with Gasteiger partial charge >= 0.3 is 5.97 Å². The summed E-state index contributed by atoms with van der Waals surface area (Å²) in [5.41, 5.74) is 11.0. The van der Waals surface area contributed by atoms with Crippen molar-refractivity contribution in [3.63, 3.8) is 0 Å². The number of hydrogen-bond acceptors (Lipinski definition) is 6. The first-order valence-corrected chi connectivity index (χ1v) is 11.1. The van der Waals surface area contributed by atoms with E-state index in [2.05, 4.69) is 20.6 Å². The van der Waals surface area contributed by atoms with Crippen LogP contribution in [0.2, 0.25) is 0 Å². The summed E-state index contributed by atoms with van der Waals surface area (Å²) in [4.78, 5) is 44.6. The van der Waals surface area contributed by atoms with Crippen LogP contribution >= 0.6 is 0 Å². The number of carboxylic acids is 1. The molecule has 0 aliphatic carbocycles. The van der Waals surface area contributed by atoms with Gasteiger partial charge < -0.3 is 31.6 Å². The zero-order valence-electron chi connectivity index (χ0n) is 19.7. The first kappa shape index (κ1) is 27.3. The third-order valence-corrected chi connectivity index (χ3v) is 4.92. The van der Waals surface area contributed by atoms with Crippen LogP contribution in [0.4, 0.5) is 4.39 Å². The number of nitrogens with two attached hydrogens (primary N) is 2. The third-order valence-electron chi connectivity index (χ3n) is 4.92. The predicted octanol–water partition coefficient (Wildman–Crippen LogP) is 1.50. The van der Waals surface area contributed by atoms with Crippen molar-refractivity contribution in [2.75, 3.05) is 6.54 Å². The van der Waals surface area contributed by atoms with Gasteiger partial charge in [0.1, 0.15) is 24.2 Å². The molecule has 0 aliphatic rings. The molecule has 2 rings (SSSR count). The van der Waals surface area contributed by atoms with E-state index >= 15 is 0 Å². The number of nitrogens with zero attached hydrogens (tertiary/aromatic N) is 2. The zero-order chi connectivity index (χ0) is 26.0. The van der Waals surface area contributed by atoms with E-state index in [1.165, 1.54) is 24.3 Å². The average Bonchev–Trinajstić information content (AvgIpc) is 3.26. The van der Waals surface area contributed by atoms with Gasteiger partial charge in [0.15, 0.2) is 11.7 Å². The molecule has 1 heterocycles. The minimum atomic E-state index is -1.21. The molecular formula is C23H31FN6O5. The quantitative estimate of drug-likeness (QED) is 0.159. The minimum Gasteiger partial charge on any atom is -0.480 e. The highest BCUT2D eigenvalue weighted by Gasteiger charge is 2.25. The maximum Gasteiger partial charge on any atom is 0.326 e. The maximum absolute atomic E-state index is 13.1. The summed E-state index contributed by atoms with van der Waals surface area (Å²) < 4.78 is 18.5. The fourth-order valence-corrected chi connectivity index (χ4v) is 3.27. The monoisotopic (exact) mass is 490 g/mol. The van der Waals surface area contributed by atoms with Gasteiger partial charge in [0.05, 0.1) is 6.42 Å². The van der Waals surface area contributed by atoms with Crippen molar-refractivity contribution in [2.24, 2.45) is 22.4 Å². The van der Waals surface area contributed by atoms with Gasteiger partial charge in [-0.25, -0.2) is 14.2 Å². The van der Waals surface area contributed by atoms with Gasteiger partial charge in [-0.2, -0.15) is 0 Å². The van der Waals surface area contributed by atoms with Crippen LogP contribution in [0.15, 0.2) is 39.9 Å². The Morgan fingerprint density at radius 2 is 1.86 bits per heavy atom. The van der Waals surface area contributed by atoms with Gasteiger partial charge in [0.2, 0.25) is 11.8 Å². The Morgan fingerprint density at radius 3 is 2.46 bits per heavy atom. The second-order valence-electron chi connectivity index (χ2n) is 8.44. The van der Waals surface area contributed by atoms with Gasteiger partial charge in [0, 0.05) is 6.54 Å². The molecule has 0 radical (unpaired) electrons. The summed E-state index contributed by atoms with van der Waals surface area (Å²) in [6.07, 6.45) is 2.08. The summed E-state index contributed by atoms with van der Waals surface area (Å²) in [5.74, 6) is -2.47. The first-order valence-electron chi connectivity index (χ1n) is 11.1. The van der Waals surface area contributed by atoms with Crippen LogP contribution in [0.1, 0.15) is 61.1 Å². The number of aliphatic imine (C=N–C) groups is 1. The van der Waals surface area contributed by atoms with E-state index in [0.29, 0.717) is 18.4 Å². The molecule has 7 N–H and O–H groups in total. The maximum atomic E-state index is 13.1. The van der Waals surface area contributed by atoms with Crippen LogP contribution in [0, 0.1) is 11.7 Å². The minimum absolute atomic E-state index is 0.0308. The number of hydrogen-bond donors (Lipinski definition) is 5. The normalized spacial score (nSPS) is 12.6. The number of oxazole rings is 1. The second-order valence-corrected chi connectivity index (χ2v) is 8.44. The van der Waals surface area contributed by atoms with E-state index in [0.717, 1.165) is 6.26 Å². The molecule has 35 heavy (non-hydrogen) atoms. The molecule has 2 aromatic rings. The summed E-state index contributed by atoms with van der Waals surface area (Å²) in [7, 11) is 0. The standard InChI is InChI=1S/C23H31FN6O5/c1-13(2)10-17(28-19(31)11-14-5-7-15(24)8-6-14)21-30-18(12-35-21)20(32)29-16(22(33)34)4-3-9-27-23(25)26/h5-8,12-13,16-17H,3-4,9-11H2,1-2H3,(H,28,31)(H,29,32)(H,33,34)(H4,25,26,27)/t16-,17-/m0/s1. The zero-order valence-corrected chi connectivity index (χ0v) is 19.7. The van der Waals surface area contributed by atoms with Gasteiger partial charge in [-0.05, 0) is 42.9 Å². The topological polar surface area (TPSA) is 186 Å². The molecular weight excluding hydrogens is 459 g/mol. The SMILES string of the molecule is CC(C)C[C@H](NC(=O)Cc1ccc(F)cc1)c1nc(C(=O)N[C@@H](CCCN=C(N)N)C(=O)O)co1. The van der Waals surface area contributed by atoms with Crippen molar-refractivity contribution >= 4 is 23.7 Å². The molecule has 0 spiro atoms. The summed E-state index contributed by atoms with van der Waals surface area (Å²) in [6, 6.07) is 3.82. The Bertz CT molecular complexity index is 1030. The Kier molecular flexibility index (Phi) is 10.2. The van der Waals surface area contributed by atoms with Crippen LogP contribution in [-0.2, 0) is 16.0 Å². The van der Waals surface area contributed by atoms with Gasteiger partial charge in [-0.15, -0.1) is 0 Å². The first-order chi connectivity index (χ1) is 16.5. The smallest absolute Gasteiger partial charge is 0.326 e. The molecule has 190 valence electrons. The molecule has 0 saturated heterocycles. The second kappa shape index (κ2) is 13.1. The molecule has 1 aromatic carbocycles. The summed E-state index contributed by atoms with van der Waals surface area (Å²) >= 11 is 0. The predicted molar refractivity (Wildman–Crippen MR) is 126 cm³/mol. The fraction of sp³-hybridized carbons (Fsp3) is 0.435. The van der Waals surface area contributed by atoms with Crippen LogP contribution in [0.25, 0.3) is 0 Å². The number of halogens is 1. The number of benzene rings is 1. The van der Waals surface area contributed by atoms with E-state index in [1.807, 2.05) is 13.8 Å². The van der Waals surface area contributed by atoms with Crippen molar-refractivity contribution in [2.45, 2.75) is 51.6 Å². The Morgan fingerprint density at radius 1 is 1.17 bits per heavy atom. The molecule has 0 unspecified atom stereocenters. The van der Waals surface area contributed by atoms with Gasteiger partial charge in [-0.3, -0.25) is 14.6 Å². The number of guanidine groups is 1. The van der Waals surface area contributed by atoms with Crippen LogP contribution in [-0.4, -0.2) is 46.4 Å². The van der Waals surface area contributed by atoms with Crippen LogP contribution < -0.4 is 22.1 Å². The van der Waals surface area contributed by atoms with Crippen LogP contribution in [0.3, 0.4) is 0 Å². The van der Waals surface area contributed by atoms with E-state index in [1.54, 1.807) is 0 Å². The Labute approximate surface area is 202 Å². The highest BCUT2D eigenvalue weighted by atomic mass is 19.1. The number of amides is 2. The third kappa shape index (κ3) is 9.43. The lowest BCUT2D eigenvalue weighted by Gasteiger charge is -2.17. The molecule has 0 bridgehead atoms. The van der Waals surface area contributed by atoms with Crippen molar-refractivity contribution in [3.8, 4) is 0 Å². The summed E-state index contributed by atoms with van der Waals surface area (Å²) in [5, 5.41) is 14.6. The molecule has 2 atom stereocenters. The molecule has 0 fully saturated rings. The molecule has 11 nitrogen and oxygen atoms in total. The number of aliphatic carboxylic acids is 1. The average molecular weight is 491 g/mol. The van der Waals surface area contributed by atoms with Crippen molar-refractivity contribution in [1.82, 2.24) is 15.6 Å². The van der Waals surface area contributed by atoms with Crippen molar-refractivity contribution in [3.05, 3.63) is 53.5 Å². The lowest BCUT2D eigenvalue weighted by atomic mass is 10.0. The Balaban J connectivity index is 2.04. The number of nitrogens with one attached hydrogen (secondary N) is 2. The van der Waals surface area contributed by atoms with E-state index in [-0.39, 0.29) is 48.8 Å². The molecule has 1 aromatic heterocycles. The number of aromatic nitrogens is 1. The van der Waals surface area contributed by atoms with Crippen LogP contribution in [0.5, 0.6) is 0 Å². The lowest BCUT2D eigenvalue weighted by Crippen LogP contribution is -2.41. The summed E-state index contributed by atoms with van der Waals surface area (Å²) in [6.45, 7) is 4.13. The van der Waals surface area contributed by atoms with E-state index in [9.17, 15) is 23.9 Å². The number of carbonyl (C=O) groups excluding carboxylic acids is 2. The number of carboxylic acid groups (broad SMARTS) is 1. The van der Waals surface area contributed by atoms with Gasteiger partial charge in [-0.1, -0.05) is 26.0 Å². The highest BCUT2D eigenvalue weighted by Crippen LogP contribution is 2.21. The molecule has 0 aliphatic heterocycles. The molecule has 0 saturated carbocycles. The van der Waals surface area contributed by atoms with E-state index in [4.69, 9.17) is 15.9 Å². The number of carbonyl (C=O) groups is 3. The lowest BCUT2D eigenvalue weighted by molar-refractivity contribution is -0.139. The van der Waals surface area contributed by atoms with Gasteiger partial charge in [0.25, 0.3) is 5.91 Å². The fourth-order valence-electron chi connectivity index (χ4n) is 3.27. The van der Waals surface area contributed by atoms with Crippen molar-refractivity contribution in [1.29, 1.82) is 0 Å². The molecule has 2 amide bonds. The Hall–Kier alpha value is -3.96. The van der Waals surface area contributed by atoms with E-state index < -0.39 is 29.8 Å². The van der Waals surface area contributed by atoms with Crippen molar-refractivity contribution < 1.29 is 28.3 Å². The largest absolute Gasteiger partial charge is 0.480 e. The number of rotatable bonds is 13.